The van der Waals surface area contributed by atoms with Gasteiger partial charge in [0.1, 0.15) is 6.61 Å². The molecule has 0 aliphatic heterocycles. The van der Waals surface area contributed by atoms with Gasteiger partial charge in [0, 0.05) is 22.8 Å². The molecular weight excluding hydrogens is 274 g/mol. The van der Waals surface area contributed by atoms with Crippen molar-refractivity contribution in [2.24, 2.45) is 0 Å². The van der Waals surface area contributed by atoms with Crippen molar-refractivity contribution in [1.29, 1.82) is 0 Å². The van der Waals surface area contributed by atoms with Gasteiger partial charge in [0.15, 0.2) is 0 Å². The van der Waals surface area contributed by atoms with Crippen LogP contribution in [-0.2, 0) is 13.1 Å². The SMILES string of the molecule is CCN(Cc1cccs1)Cc1ccc(C#CCO)s1. The van der Waals surface area contributed by atoms with Crippen molar-refractivity contribution in [2.45, 2.75) is 20.0 Å². The molecule has 0 amide bonds. The first-order chi connectivity index (χ1) is 9.31. The number of aliphatic hydroxyl groups is 1. The molecule has 0 radical (unpaired) electrons. The molecule has 0 aliphatic carbocycles. The van der Waals surface area contributed by atoms with Gasteiger partial charge < -0.3 is 5.11 Å². The van der Waals surface area contributed by atoms with Gasteiger partial charge in [-0.25, -0.2) is 0 Å². The Morgan fingerprint density at radius 1 is 1.21 bits per heavy atom. The highest BCUT2D eigenvalue weighted by molar-refractivity contribution is 7.12. The van der Waals surface area contributed by atoms with Gasteiger partial charge in [-0.3, -0.25) is 4.90 Å². The number of nitrogens with zero attached hydrogens (tertiary/aromatic N) is 1. The second kappa shape index (κ2) is 7.46. The van der Waals surface area contributed by atoms with Crippen LogP contribution in [0.15, 0.2) is 29.6 Å². The van der Waals surface area contributed by atoms with Crippen molar-refractivity contribution in [2.75, 3.05) is 13.2 Å². The zero-order chi connectivity index (χ0) is 13.5. The van der Waals surface area contributed by atoms with E-state index in [1.807, 2.05) is 6.07 Å². The summed E-state index contributed by atoms with van der Waals surface area (Å²) in [5.74, 6) is 5.64. The first kappa shape index (κ1) is 14.3. The number of hydrogen-bond acceptors (Lipinski definition) is 4. The second-order valence-corrected chi connectivity index (χ2v) is 6.31. The average Bonchev–Trinajstić information content (AvgIpc) is 3.07. The zero-order valence-corrected chi connectivity index (χ0v) is 12.6. The van der Waals surface area contributed by atoms with E-state index in [1.165, 1.54) is 9.75 Å². The van der Waals surface area contributed by atoms with E-state index in [9.17, 15) is 0 Å². The van der Waals surface area contributed by atoms with Gasteiger partial charge in [-0.2, -0.15) is 0 Å². The van der Waals surface area contributed by atoms with E-state index in [2.05, 4.69) is 47.2 Å². The molecule has 0 unspecified atom stereocenters. The van der Waals surface area contributed by atoms with E-state index in [1.54, 1.807) is 22.7 Å². The lowest BCUT2D eigenvalue weighted by Crippen LogP contribution is -2.21. The normalized spacial score (nSPS) is 10.5. The van der Waals surface area contributed by atoms with E-state index in [0.29, 0.717) is 0 Å². The molecule has 1 N–H and O–H groups in total. The van der Waals surface area contributed by atoms with Gasteiger partial charge >= 0.3 is 0 Å². The molecule has 0 fully saturated rings. The van der Waals surface area contributed by atoms with Gasteiger partial charge in [0.2, 0.25) is 0 Å². The summed E-state index contributed by atoms with van der Waals surface area (Å²) in [4.78, 5) is 6.16. The quantitative estimate of drug-likeness (QED) is 0.855. The lowest BCUT2D eigenvalue weighted by Gasteiger charge is -2.18. The standard InChI is InChI=1S/C15H17NOS2/c1-2-16(11-14-6-4-10-18-14)12-15-8-7-13(19-15)5-3-9-17/h4,6-8,10,17H,2,9,11-12H2,1H3. The summed E-state index contributed by atoms with van der Waals surface area (Å²) < 4.78 is 0. The topological polar surface area (TPSA) is 23.5 Å². The maximum absolute atomic E-state index is 8.69. The lowest BCUT2D eigenvalue weighted by atomic mass is 10.3. The third kappa shape index (κ3) is 4.48. The fourth-order valence-electron chi connectivity index (χ4n) is 1.78. The number of hydrogen-bond donors (Lipinski definition) is 1. The maximum atomic E-state index is 8.69. The lowest BCUT2D eigenvalue weighted by molar-refractivity contribution is 0.276. The van der Waals surface area contributed by atoms with E-state index in [-0.39, 0.29) is 6.61 Å². The summed E-state index contributed by atoms with van der Waals surface area (Å²) >= 11 is 3.51. The Hall–Kier alpha value is -1.12. The molecule has 0 bridgehead atoms. The molecule has 19 heavy (non-hydrogen) atoms. The summed E-state index contributed by atoms with van der Waals surface area (Å²) in [5, 5.41) is 10.8. The van der Waals surface area contributed by atoms with Crippen molar-refractivity contribution in [3.8, 4) is 11.8 Å². The first-order valence-electron chi connectivity index (χ1n) is 6.25. The third-order valence-electron chi connectivity index (χ3n) is 2.74. The molecule has 2 aromatic rings. The third-order valence-corrected chi connectivity index (χ3v) is 4.59. The fraction of sp³-hybridized carbons (Fsp3) is 0.333. The molecule has 0 spiro atoms. The largest absolute Gasteiger partial charge is 0.384 e. The summed E-state index contributed by atoms with van der Waals surface area (Å²) in [5.41, 5.74) is 0. The van der Waals surface area contributed by atoms with Crippen LogP contribution in [0.3, 0.4) is 0 Å². The van der Waals surface area contributed by atoms with Gasteiger partial charge in [-0.05, 0) is 30.1 Å². The monoisotopic (exact) mass is 291 g/mol. The minimum atomic E-state index is -0.0767. The Morgan fingerprint density at radius 2 is 2.05 bits per heavy atom. The van der Waals surface area contributed by atoms with Crippen molar-refractivity contribution in [3.63, 3.8) is 0 Å². The summed E-state index contributed by atoms with van der Waals surface area (Å²) in [6.45, 7) is 5.11. The number of rotatable bonds is 5. The van der Waals surface area contributed by atoms with Gasteiger partial charge in [-0.15, -0.1) is 22.7 Å². The van der Waals surface area contributed by atoms with E-state index in [4.69, 9.17) is 5.11 Å². The average molecular weight is 291 g/mol. The number of thiophene rings is 2. The molecular formula is C15H17NOS2. The maximum Gasteiger partial charge on any atom is 0.104 e. The predicted molar refractivity (Wildman–Crippen MR) is 82.4 cm³/mol. The van der Waals surface area contributed by atoms with Crippen LogP contribution in [0.2, 0.25) is 0 Å². The smallest absolute Gasteiger partial charge is 0.104 e. The van der Waals surface area contributed by atoms with E-state index >= 15 is 0 Å². The highest BCUT2D eigenvalue weighted by atomic mass is 32.1. The Kier molecular flexibility index (Phi) is 5.62. The van der Waals surface area contributed by atoms with Crippen molar-refractivity contribution >= 4 is 22.7 Å². The van der Waals surface area contributed by atoms with Crippen molar-refractivity contribution < 1.29 is 5.11 Å². The highest BCUT2D eigenvalue weighted by Gasteiger charge is 2.07. The molecule has 2 aromatic heterocycles. The van der Waals surface area contributed by atoms with Crippen LogP contribution in [0.4, 0.5) is 0 Å². The van der Waals surface area contributed by atoms with Crippen LogP contribution in [0.25, 0.3) is 0 Å². The molecule has 0 aliphatic rings. The van der Waals surface area contributed by atoms with E-state index < -0.39 is 0 Å². The van der Waals surface area contributed by atoms with Crippen molar-refractivity contribution in [1.82, 2.24) is 4.90 Å². The minimum absolute atomic E-state index is 0.0767. The Bertz CT molecular complexity index is 548. The van der Waals surface area contributed by atoms with Gasteiger partial charge in [0.25, 0.3) is 0 Å². The Balaban J connectivity index is 1.96. The van der Waals surface area contributed by atoms with Gasteiger partial charge in [-0.1, -0.05) is 24.8 Å². The molecule has 0 saturated carbocycles. The zero-order valence-electron chi connectivity index (χ0n) is 10.9. The molecule has 2 heterocycles. The summed E-state index contributed by atoms with van der Waals surface area (Å²) in [7, 11) is 0. The highest BCUT2D eigenvalue weighted by Crippen LogP contribution is 2.19. The van der Waals surface area contributed by atoms with Crippen LogP contribution in [-0.4, -0.2) is 23.2 Å². The molecule has 0 saturated heterocycles. The predicted octanol–water partition coefficient (Wildman–Crippen LogP) is 3.18. The molecule has 2 rings (SSSR count). The van der Waals surface area contributed by atoms with Crippen molar-refractivity contribution in [3.05, 3.63) is 44.3 Å². The Morgan fingerprint density at radius 3 is 2.74 bits per heavy atom. The van der Waals surface area contributed by atoms with Gasteiger partial charge in [0.05, 0.1) is 4.88 Å². The van der Waals surface area contributed by atoms with Crippen LogP contribution in [0.1, 0.15) is 21.6 Å². The molecule has 4 heteroatoms. The van der Waals surface area contributed by atoms with Crippen LogP contribution in [0, 0.1) is 11.8 Å². The first-order valence-corrected chi connectivity index (χ1v) is 7.94. The van der Waals surface area contributed by atoms with Crippen LogP contribution in [0.5, 0.6) is 0 Å². The van der Waals surface area contributed by atoms with Crippen LogP contribution >= 0.6 is 22.7 Å². The van der Waals surface area contributed by atoms with E-state index in [0.717, 1.165) is 24.5 Å². The molecule has 0 atom stereocenters. The molecule has 0 aromatic carbocycles. The second-order valence-electron chi connectivity index (χ2n) is 4.11. The number of aliphatic hydroxyl groups excluding tert-OH is 1. The molecule has 100 valence electrons. The van der Waals surface area contributed by atoms with Crippen LogP contribution < -0.4 is 0 Å². The summed E-state index contributed by atoms with van der Waals surface area (Å²) in [6, 6.07) is 8.44. The Labute approximate surface area is 122 Å². The molecule has 2 nitrogen and oxygen atoms in total. The minimum Gasteiger partial charge on any atom is -0.384 e. The summed E-state index contributed by atoms with van der Waals surface area (Å²) in [6.07, 6.45) is 0. The fourth-order valence-corrected chi connectivity index (χ4v) is 3.45.